The molecule has 1 aliphatic rings. The predicted octanol–water partition coefficient (Wildman–Crippen LogP) is 1.16. The first kappa shape index (κ1) is 11.8. The third kappa shape index (κ3) is 2.91. The molecule has 0 aliphatic heterocycles. The Kier molecular flexibility index (Phi) is 3.54. The lowest BCUT2D eigenvalue weighted by molar-refractivity contribution is -0.124. The number of hydrogen-bond acceptors (Lipinski definition) is 3. The average Bonchev–Trinajstić information content (AvgIpc) is 2.77. The molecular formula is C13H17N3O. The molecule has 17 heavy (non-hydrogen) atoms. The second-order valence-corrected chi connectivity index (χ2v) is 4.40. The van der Waals surface area contributed by atoms with Gasteiger partial charge in [-0.25, -0.2) is 0 Å². The van der Waals surface area contributed by atoms with Gasteiger partial charge in [0.1, 0.15) is 0 Å². The maximum absolute atomic E-state index is 11.9. The maximum Gasteiger partial charge on any atom is 0.227 e. The van der Waals surface area contributed by atoms with Gasteiger partial charge in [0.25, 0.3) is 0 Å². The molecule has 3 atom stereocenters. The molecule has 2 unspecified atom stereocenters. The number of carbonyl (C=O) groups excluding carboxylic acids is 1. The number of carbonyl (C=O) groups is 1. The molecule has 2 rings (SSSR count). The second-order valence-electron chi connectivity index (χ2n) is 4.40. The van der Waals surface area contributed by atoms with Crippen molar-refractivity contribution in [3.8, 4) is 0 Å². The molecule has 0 bridgehead atoms. The molecule has 1 heterocycles. The van der Waals surface area contributed by atoms with Crippen LogP contribution in [0.25, 0.3) is 0 Å². The van der Waals surface area contributed by atoms with E-state index in [1.165, 1.54) is 0 Å². The van der Waals surface area contributed by atoms with Crippen molar-refractivity contribution >= 4 is 5.91 Å². The van der Waals surface area contributed by atoms with Crippen molar-refractivity contribution in [2.45, 2.75) is 25.4 Å². The SMILES string of the molecule is C[C@H](NC(=O)C1C=CC(N)C1)c1ccncc1. The van der Waals surface area contributed by atoms with Crippen molar-refractivity contribution in [3.05, 3.63) is 42.2 Å². The maximum atomic E-state index is 11.9. The van der Waals surface area contributed by atoms with Crippen molar-refractivity contribution in [1.82, 2.24) is 10.3 Å². The number of nitrogens with two attached hydrogens (primary N) is 1. The van der Waals surface area contributed by atoms with Crippen LogP contribution in [0.5, 0.6) is 0 Å². The van der Waals surface area contributed by atoms with Gasteiger partial charge in [-0.15, -0.1) is 0 Å². The van der Waals surface area contributed by atoms with E-state index in [-0.39, 0.29) is 23.9 Å². The van der Waals surface area contributed by atoms with E-state index in [0.717, 1.165) is 5.56 Å². The number of nitrogens with zero attached hydrogens (tertiary/aromatic N) is 1. The molecule has 90 valence electrons. The van der Waals surface area contributed by atoms with Gasteiger partial charge in [0.15, 0.2) is 0 Å². The van der Waals surface area contributed by atoms with E-state index in [1.807, 2.05) is 31.2 Å². The Morgan fingerprint density at radius 2 is 2.18 bits per heavy atom. The lowest BCUT2D eigenvalue weighted by Crippen LogP contribution is -2.32. The number of nitrogens with one attached hydrogen (secondary N) is 1. The van der Waals surface area contributed by atoms with Gasteiger partial charge in [-0.1, -0.05) is 12.2 Å². The molecule has 1 amide bonds. The van der Waals surface area contributed by atoms with Gasteiger partial charge in [-0.3, -0.25) is 9.78 Å². The third-order valence-electron chi connectivity index (χ3n) is 3.02. The molecule has 0 radical (unpaired) electrons. The zero-order valence-electron chi connectivity index (χ0n) is 9.84. The van der Waals surface area contributed by atoms with E-state index in [1.54, 1.807) is 12.4 Å². The molecule has 1 aliphatic carbocycles. The van der Waals surface area contributed by atoms with Crippen LogP contribution in [-0.4, -0.2) is 16.9 Å². The molecular weight excluding hydrogens is 214 g/mol. The molecule has 0 aromatic carbocycles. The lowest BCUT2D eigenvalue weighted by Gasteiger charge is -2.17. The van der Waals surface area contributed by atoms with Crippen molar-refractivity contribution in [3.63, 3.8) is 0 Å². The molecule has 0 fully saturated rings. The first-order chi connectivity index (χ1) is 8.16. The molecule has 0 saturated heterocycles. The fraction of sp³-hybridized carbons (Fsp3) is 0.385. The zero-order valence-corrected chi connectivity index (χ0v) is 9.84. The summed E-state index contributed by atoms with van der Waals surface area (Å²) in [7, 11) is 0. The Morgan fingerprint density at radius 1 is 1.47 bits per heavy atom. The van der Waals surface area contributed by atoms with Crippen LogP contribution in [0, 0.1) is 5.92 Å². The Bertz CT molecular complexity index is 416. The van der Waals surface area contributed by atoms with Crippen LogP contribution in [0.4, 0.5) is 0 Å². The summed E-state index contributed by atoms with van der Waals surface area (Å²) in [6.45, 7) is 1.96. The van der Waals surface area contributed by atoms with Gasteiger partial charge in [-0.05, 0) is 31.0 Å². The summed E-state index contributed by atoms with van der Waals surface area (Å²) in [6, 6.07) is 3.82. The fourth-order valence-corrected chi connectivity index (χ4v) is 1.98. The minimum atomic E-state index is -0.0886. The number of amides is 1. The summed E-state index contributed by atoms with van der Waals surface area (Å²) in [4.78, 5) is 15.9. The quantitative estimate of drug-likeness (QED) is 0.767. The van der Waals surface area contributed by atoms with Crippen LogP contribution >= 0.6 is 0 Å². The highest BCUT2D eigenvalue weighted by Crippen LogP contribution is 2.18. The predicted molar refractivity (Wildman–Crippen MR) is 66.0 cm³/mol. The van der Waals surface area contributed by atoms with Crippen LogP contribution in [0.3, 0.4) is 0 Å². The summed E-state index contributed by atoms with van der Waals surface area (Å²) < 4.78 is 0. The Morgan fingerprint density at radius 3 is 2.76 bits per heavy atom. The minimum Gasteiger partial charge on any atom is -0.349 e. The normalized spacial score (nSPS) is 24.6. The Hall–Kier alpha value is -1.68. The highest BCUT2D eigenvalue weighted by molar-refractivity contribution is 5.81. The van der Waals surface area contributed by atoms with Crippen LogP contribution < -0.4 is 11.1 Å². The summed E-state index contributed by atoms with van der Waals surface area (Å²) >= 11 is 0. The number of hydrogen-bond donors (Lipinski definition) is 2. The van der Waals surface area contributed by atoms with E-state index in [9.17, 15) is 4.79 Å². The molecule has 1 aromatic heterocycles. The number of rotatable bonds is 3. The van der Waals surface area contributed by atoms with Crippen molar-refractivity contribution < 1.29 is 4.79 Å². The van der Waals surface area contributed by atoms with Gasteiger partial charge < -0.3 is 11.1 Å². The van der Waals surface area contributed by atoms with E-state index >= 15 is 0 Å². The summed E-state index contributed by atoms with van der Waals surface area (Å²) in [5.74, 6) is -0.0483. The highest BCUT2D eigenvalue weighted by atomic mass is 16.1. The number of aromatic nitrogens is 1. The van der Waals surface area contributed by atoms with Crippen molar-refractivity contribution in [1.29, 1.82) is 0 Å². The van der Waals surface area contributed by atoms with E-state index in [0.29, 0.717) is 6.42 Å². The van der Waals surface area contributed by atoms with E-state index in [2.05, 4.69) is 10.3 Å². The molecule has 0 saturated carbocycles. The highest BCUT2D eigenvalue weighted by Gasteiger charge is 2.23. The van der Waals surface area contributed by atoms with Gasteiger partial charge in [0.05, 0.1) is 12.0 Å². The lowest BCUT2D eigenvalue weighted by atomic mass is 10.1. The fourth-order valence-electron chi connectivity index (χ4n) is 1.98. The van der Waals surface area contributed by atoms with Gasteiger partial charge in [-0.2, -0.15) is 0 Å². The number of pyridine rings is 1. The van der Waals surface area contributed by atoms with Crippen LogP contribution in [-0.2, 0) is 4.79 Å². The monoisotopic (exact) mass is 231 g/mol. The first-order valence-electron chi connectivity index (χ1n) is 5.81. The standard InChI is InChI=1S/C13H17N3O/c1-9(10-4-6-15-7-5-10)16-13(17)11-2-3-12(14)8-11/h2-7,9,11-12H,8,14H2,1H3,(H,16,17)/t9-,11?,12?/m0/s1. The van der Waals surface area contributed by atoms with Gasteiger partial charge in [0.2, 0.25) is 5.91 Å². The average molecular weight is 231 g/mol. The van der Waals surface area contributed by atoms with E-state index < -0.39 is 0 Å². The second kappa shape index (κ2) is 5.10. The zero-order chi connectivity index (χ0) is 12.3. The van der Waals surface area contributed by atoms with Crippen molar-refractivity contribution in [2.24, 2.45) is 11.7 Å². The van der Waals surface area contributed by atoms with Crippen LogP contribution in [0.15, 0.2) is 36.7 Å². The van der Waals surface area contributed by atoms with Crippen LogP contribution in [0.1, 0.15) is 24.9 Å². The molecule has 3 N–H and O–H groups in total. The largest absolute Gasteiger partial charge is 0.349 e. The van der Waals surface area contributed by atoms with Crippen molar-refractivity contribution in [2.75, 3.05) is 0 Å². The van der Waals surface area contributed by atoms with Gasteiger partial charge in [0, 0.05) is 18.4 Å². The summed E-state index contributed by atoms with van der Waals surface area (Å²) in [5, 5.41) is 2.99. The minimum absolute atomic E-state index is 0.00396. The molecule has 4 nitrogen and oxygen atoms in total. The molecule has 1 aromatic rings. The summed E-state index contributed by atoms with van der Waals surface area (Å²) in [6.07, 6.45) is 7.93. The third-order valence-corrected chi connectivity index (χ3v) is 3.02. The molecule has 0 spiro atoms. The summed E-state index contributed by atoms with van der Waals surface area (Å²) in [5.41, 5.74) is 6.78. The van der Waals surface area contributed by atoms with E-state index in [4.69, 9.17) is 5.73 Å². The Balaban J connectivity index is 1.93. The first-order valence-corrected chi connectivity index (χ1v) is 5.81. The van der Waals surface area contributed by atoms with Crippen LogP contribution in [0.2, 0.25) is 0 Å². The van der Waals surface area contributed by atoms with Gasteiger partial charge >= 0.3 is 0 Å². The Labute approximate surface area is 101 Å². The molecule has 4 heteroatoms. The topological polar surface area (TPSA) is 68.0 Å². The smallest absolute Gasteiger partial charge is 0.227 e.